The molecular weight excluding hydrogens is 288 g/mol. The molecule has 2 rings (SSSR count). The minimum Gasteiger partial charge on any atom is -0.319 e. The van der Waals surface area contributed by atoms with Crippen LogP contribution in [0.25, 0.3) is 0 Å². The third-order valence-corrected chi connectivity index (χ3v) is 4.36. The van der Waals surface area contributed by atoms with Crippen molar-refractivity contribution in [2.24, 2.45) is 7.05 Å². The summed E-state index contributed by atoms with van der Waals surface area (Å²) in [5.41, 5.74) is 0.0926. The lowest BCUT2D eigenvalue weighted by Crippen LogP contribution is -2.19. The van der Waals surface area contributed by atoms with E-state index in [0.717, 1.165) is 17.8 Å². The zero-order valence-electron chi connectivity index (χ0n) is 12.3. The third kappa shape index (κ3) is 3.55. The van der Waals surface area contributed by atoms with E-state index in [9.17, 15) is 9.59 Å². The predicted molar refractivity (Wildman–Crippen MR) is 82.9 cm³/mol. The molecule has 0 spiro atoms. The summed E-state index contributed by atoms with van der Waals surface area (Å²) in [6, 6.07) is 2.90. The first-order valence-electron chi connectivity index (χ1n) is 6.86. The Morgan fingerprint density at radius 3 is 2.71 bits per heavy atom. The number of nitrogens with zero attached hydrogens (tertiary/aromatic N) is 3. The van der Waals surface area contributed by atoms with Crippen LogP contribution in [0.3, 0.4) is 0 Å². The van der Waals surface area contributed by atoms with Crippen LogP contribution >= 0.6 is 11.3 Å². The zero-order chi connectivity index (χ0) is 15.4. The summed E-state index contributed by atoms with van der Waals surface area (Å²) in [7, 11) is 1.64. The van der Waals surface area contributed by atoms with Crippen LogP contribution in [0, 0.1) is 0 Å². The fraction of sp³-hybridized carbons (Fsp3) is 0.429. The number of rotatable bonds is 5. The number of nitrogens with one attached hydrogen (secondary N) is 1. The summed E-state index contributed by atoms with van der Waals surface area (Å²) in [4.78, 5) is 23.6. The molecule has 6 nitrogen and oxygen atoms in total. The van der Waals surface area contributed by atoms with Gasteiger partial charge in [0.05, 0.1) is 0 Å². The average Bonchev–Trinajstić information content (AvgIpc) is 2.91. The van der Waals surface area contributed by atoms with Crippen LogP contribution in [-0.2, 0) is 7.05 Å². The highest BCUT2D eigenvalue weighted by Crippen LogP contribution is 2.28. The molecule has 0 radical (unpaired) electrons. The van der Waals surface area contributed by atoms with Gasteiger partial charge in [-0.2, -0.15) is 0 Å². The number of hydrogen-bond acceptors (Lipinski definition) is 5. The Balaban J connectivity index is 2.12. The molecule has 0 unspecified atom stereocenters. The van der Waals surface area contributed by atoms with Crippen molar-refractivity contribution in [3.63, 3.8) is 0 Å². The van der Waals surface area contributed by atoms with Crippen molar-refractivity contribution in [2.45, 2.75) is 32.6 Å². The quantitative estimate of drug-likeness (QED) is 0.920. The summed E-state index contributed by atoms with van der Waals surface area (Å²) in [5.74, 6) is 0.0251. The van der Waals surface area contributed by atoms with Crippen molar-refractivity contribution < 1.29 is 4.79 Å². The Kier molecular flexibility index (Phi) is 4.85. The molecule has 2 heterocycles. The van der Waals surface area contributed by atoms with Crippen molar-refractivity contribution >= 4 is 22.4 Å². The van der Waals surface area contributed by atoms with Gasteiger partial charge in [-0.25, -0.2) is 0 Å². The number of amides is 1. The summed E-state index contributed by atoms with van der Waals surface area (Å²) in [6.45, 7) is 4.21. The van der Waals surface area contributed by atoms with Gasteiger partial charge in [0, 0.05) is 30.8 Å². The Labute approximate surface area is 126 Å². The molecule has 0 aromatic carbocycles. The lowest BCUT2D eigenvalue weighted by molar-refractivity contribution is 0.102. The zero-order valence-corrected chi connectivity index (χ0v) is 13.1. The largest absolute Gasteiger partial charge is 0.319 e. The van der Waals surface area contributed by atoms with Gasteiger partial charge >= 0.3 is 0 Å². The van der Waals surface area contributed by atoms with Crippen molar-refractivity contribution in [3.8, 4) is 0 Å². The molecular formula is C14H18N4O2S. The van der Waals surface area contributed by atoms with Gasteiger partial charge < -0.3 is 4.57 Å². The minimum absolute atomic E-state index is 0.224. The molecule has 0 bridgehead atoms. The van der Waals surface area contributed by atoms with Gasteiger partial charge in [0.25, 0.3) is 11.5 Å². The molecule has 1 amide bonds. The Hall–Kier alpha value is -2.02. The second-order valence-corrected chi connectivity index (χ2v) is 5.79. The molecule has 0 aliphatic heterocycles. The van der Waals surface area contributed by atoms with Crippen LogP contribution in [0.1, 0.15) is 48.0 Å². The van der Waals surface area contributed by atoms with E-state index in [4.69, 9.17) is 0 Å². The van der Waals surface area contributed by atoms with E-state index in [2.05, 4.69) is 29.4 Å². The number of carbonyl (C=O) groups excluding carboxylic acids is 1. The van der Waals surface area contributed by atoms with E-state index in [1.165, 1.54) is 22.0 Å². The van der Waals surface area contributed by atoms with Gasteiger partial charge in [-0.05, 0) is 18.9 Å². The van der Waals surface area contributed by atoms with E-state index in [0.29, 0.717) is 16.6 Å². The van der Waals surface area contributed by atoms with Crippen molar-refractivity contribution in [1.82, 2.24) is 14.8 Å². The monoisotopic (exact) mass is 306 g/mol. The second kappa shape index (κ2) is 6.62. The first-order chi connectivity index (χ1) is 10.0. The molecule has 1 N–H and O–H groups in total. The fourth-order valence-electron chi connectivity index (χ4n) is 1.95. The summed E-state index contributed by atoms with van der Waals surface area (Å²) in [5, 5.41) is 12.2. The van der Waals surface area contributed by atoms with E-state index < -0.39 is 0 Å². The molecule has 0 aliphatic carbocycles. The van der Waals surface area contributed by atoms with Gasteiger partial charge in [0.2, 0.25) is 5.13 Å². The third-order valence-electron chi connectivity index (χ3n) is 3.36. The minimum atomic E-state index is -0.347. The van der Waals surface area contributed by atoms with Gasteiger partial charge in [-0.3, -0.25) is 14.9 Å². The maximum Gasteiger partial charge on any atom is 0.257 e. The molecule has 2 aromatic rings. The van der Waals surface area contributed by atoms with Crippen molar-refractivity contribution in [1.29, 1.82) is 0 Å². The Morgan fingerprint density at radius 1 is 1.38 bits per heavy atom. The molecule has 7 heteroatoms. The van der Waals surface area contributed by atoms with Crippen LogP contribution in [-0.4, -0.2) is 20.7 Å². The van der Waals surface area contributed by atoms with E-state index >= 15 is 0 Å². The number of anilines is 1. The highest BCUT2D eigenvalue weighted by Gasteiger charge is 2.15. The molecule has 0 saturated heterocycles. The smallest absolute Gasteiger partial charge is 0.257 e. The van der Waals surface area contributed by atoms with Gasteiger partial charge in [-0.15, -0.1) is 10.2 Å². The van der Waals surface area contributed by atoms with Gasteiger partial charge in [0.1, 0.15) is 5.01 Å². The number of aromatic nitrogens is 3. The second-order valence-electron chi connectivity index (χ2n) is 4.78. The highest BCUT2D eigenvalue weighted by molar-refractivity contribution is 7.15. The van der Waals surface area contributed by atoms with Crippen LogP contribution in [0.5, 0.6) is 0 Å². The number of pyridine rings is 1. The molecule has 0 fully saturated rings. The molecule has 2 aromatic heterocycles. The summed E-state index contributed by atoms with van der Waals surface area (Å²) >= 11 is 1.38. The predicted octanol–water partition coefficient (Wildman–Crippen LogP) is 2.39. The molecule has 21 heavy (non-hydrogen) atoms. The Morgan fingerprint density at radius 2 is 2.10 bits per heavy atom. The SMILES string of the molecule is CCC(CC)c1nnc(NC(=O)c2ccn(C)c(=O)c2)s1. The van der Waals surface area contributed by atoms with E-state index in [-0.39, 0.29) is 11.5 Å². The van der Waals surface area contributed by atoms with Crippen LogP contribution in [0.15, 0.2) is 23.1 Å². The molecule has 0 aliphatic rings. The van der Waals surface area contributed by atoms with E-state index in [1.807, 2.05) is 0 Å². The summed E-state index contributed by atoms with van der Waals surface area (Å²) < 4.78 is 1.41. The van der Waals surface area contributed by atoms with E-state index in [1.54, 1.807) is 19.3 Å². The fourth-order valence-corrected chi connectivity index (χ4v) is 2.95. The topological polar surface area (TPSA) is 76.9 Å². The first kappa shape index (κ1) is 15.4. The van der Waals surface area contributed by atoms with Crippen LogP contribution in [0.2, 0.25) is 0 Å². The molecule has 112 valence electrons. The Bertz CT molecular complexity index is 688. The lowest BCUT2D eigenvalue weighted by Gasteiger charge is -2.05. The standard InChI is InChI=1S/C14H18N4O2S/c1-4-9(5-2)13-16-17-14(21-13)15-12(20)10-6-7-18(3)11(19)8-10/h6-9H,4-5H2,1-3H3,(H,15,17,20). The van der Waals surface area contributed by atoms with Crippen molar-refractivity contribution in [3.05, 3.63) is 39.3 Å². The first-order valence-corrected chi connectivity index (χ1v) is 7.68. The van der Waals surface area contributed by atoms with Crippen LogP contribution < -0.4 is 10.9 Å². The summed E-state index contributed by atoms with van der Waals surface area (Å²) in [6.07, 6.45) is 3.55. The lowest BCUT2D eigenvalue weighted by atomic mass is 10.1. The van der Waals surface area contributed by atoms with Gasteiger partial charge in [-0.1, -0.05) is 25.2 Å². The maximum atomic E-state index is 12.1. The normalized spacial score (nSPS) is 10.9. The maximum absolute atomic E-state index is 12.1. The van der Waals surface area contributed by atoms with Crippen molar-refractivity contribution in [2.75, 3.05) is 5.32 Å². The number of carbonyl (C=O) groups is 1. The number of aryl methyl sites for hydroxylation is 1. The molecule has 0 atom stereocenters. The average molecular weight is 306 g/mol. The van der Waals surface area contributed by atoms with Crippen LogP contribution in [0.4, 0.5) is 5.13 Å². The number of hydrogen-bond donors (Lipinski definition) is 1. The highest BCUT2D eigenvalue weighted by atomic mass is 32.1. The van der Waals surface area contributed by atoms with Gasteiger partial charge in [0.15, 0.2) is 0 Å². The molecule has 0 saturated carbocycles.